The number of anilines is 1. The SMILES string of the molecule is COC(=O)C1=C(C(=O)OC)N(c2cccc(-c3nc(-c4ccc(C)cc4)no3)c2)C(N)=C(C#N)C1c1ccccc1. The Labute approximate surface area is 235 Å². The lowest BCUT2D eigenvalue weighted by Gasteiger charge is -2.36. The molecule has 1 unspecified atom stereocenters. The van der Waals surface area contributed by atoms with Crippen LogP contribution in [0, 0.1) is 18.3 Å². The number of benzene rings is 3. The molecule has 0 spiro atoms. The highest BCUT2D eigenvalue weighted by atomic mass is 16.5. The van der Waals surface area contributed by atoms with Crippen LogP contribution in [0.15, 0.2) is 106 Å². The number of rotatable bonds is 6. The highest BCUT2D eigenvalue weighted by Gasteiger charge is 2.43. The van der Waals surface area contributed by atoms with E-state index in [1.54, 1.807) is 54.6 Å². The number of carbonyl (C=O) groups is 2. The molecule has 204 valence electrons. The third-order valence-corrected chi connectivity index (χ3v) is 6.70. The Morgan fingerprint density at radius 1 is 0.951 bits per heavy atom. The number of nitriles is 1. The van der Waals surface area contributed by atoms with Crippen LogP contribution in [0.5, 0.6) is 0 Å². The fraction of sp³-hybridized carbons (Fsp3) is 0.129. The molecule has 1 aliphatic heterocycles. The van der Waals surface area contributed by atoms with E-state index >= 15 is 0 Å². The minimum Gasteiger partial charge on any atom is -0.466 e. The second-order valence-corrected chi connectivity index (χ2v) is 9.17. The molecule has 1 atom stereocenters. The smallest absolute Gasteiger partial charge is 0.355 e. The van der Waals surface area contributed by atoms with E-state index in [0.29, 0.717) is 22.6 Å². The molecule has 2 N–H and O–H groups in total. The van der Waals surface area contributed by atoms with E-state index < -0.39 is 17.9 Å². The van der Waals surface area contributed by atoms with Crippen molar-refractivity contribution in [2.24, 2.45) is 5.73 Å². The molecule has 1 aromatic heterocycles. The summed E-state index contributed by atoms with van der Waals surface area (Å²) in [5.74, 6) is -2.02. The predicted octanol–water partition coefficient (Wildman–Crippen LogP) is 4.61. The number of aryl methyl sites for hydroxylation is 1. The van der Waals surface area contributed by atoms with Gasteiger partial charge >= 0.3 is 11.9 Å². The summed E-state index contributed by atoms with van der Waals surface area (Å²) < 4.78 is 15.7. The third-order valence-electron chi connectivity index (χ3n) is 6.70. The standard InChI is InChI=1S/C31H25N5O5/c1-18-12-14-20(15-13-18)28-34-29(41-35-28)21-10-7-11-22(16-21)36-26(31(38)40-3)25(30(37)39-2)24(23(17-32)27(36)33)19-8-5-4-6-9-19/h4-16,24H,33H2,1-3H3. The van der Waals surface area contributed by atoms with Gasteiger partial charge in [-0.05, 0) is 30.7 Å². The second kappa shape index (κ2) is 11.2. The van der Waals surface area contributed by atoms with Gasteiger partial charge in [0.15, 0.2) is 0 Å². The van der Waals surface area contributed by atoms with Gasteiger partial charge in [-0.2, -0.15) is 10.2 Å². The van der Waals surface area contributed by atoms with Gasteiger partial charge in [-0.1, -0.05) is 71.4 Å². The normalized spacial score (nSPS) is 15.0. The molecule has 0 aliphatic carbocycles. The molecule has 1 aliphatic rings. The molecule has 10 nitrogen and oxygen atoms in total. The topological polar surface area (TPSA) is 145 Å². The number of allylic oxidation sites excluding steroid dienone is 1. The summed E-state index contributed by atoms with van der Waals surface area (Å²) in [6.45, 7) is 1.99. The molecule has 4 aromatic rings. The van der Waals surface area contributed by atoms with Gasteiger partial charge in [0.1, 0.15) is 11.5 Å². The molecule has 0 radical (unpaired) electrons. The van der Waals surface area contributed by atoms with Crippen LogP contribution in [0.2, 0.25) is 0 Å². The van der Waals surface area contributed by atoms with Crippen molar-refractivity contribution >= 4 is 17.6 Å². The number of aromatic nitrogens is 2. The maximum atomic E-state index is 13.3. The van der Waals surface area contributed by atoms with Crippen LogP contribution in [-0.2, 0) is 19.1 Å². The quantitative estimate of drug-likeness (QED) is 0.340. The fourth-order valence-corrected chi connectivity index (χ4v) is 4.72. The van der Waals surface area contributed by atoms with E-state index in [1.807, 2.05) is 31.2 Å². The first-order chi connectivity index (χ1) is 19.9. The lowest BCUT2D eigenvalue weighted by molar-refractivity contribution is -0.139. The van der Waals surface area contributed by atoms with E-state index in [9.17, 15) is 14.9 Å². The summed E-state index contributed by atoms with van der Waals surface area (Å²) in [5.41, 5.74) is 9.75. The van der Waals surface area contributed by atoms with E-state index in [-0.39, 0.29) is 28.6 Å². The van der Waals surface area contributed by atoms with Crippen LogP contribution in [0.1, 0.15) is 17.0 Å². The van der Waals surface area contributed by atoms with E-state index in [4.69, 9.17) is 19.7 Å². The summed E-state index contributed by atoms with van der Waals surface area (Å²) in [6, 6.07) is 25.4. The Kier molecular flexibility index (Phi) is 7.35. The Bertz CT molecular complexity index is 1730. The van der Waals surface area contributed by atoms with Gasteiger partial charge in [-0.25, -0.2) is 9.59 Å². The molecular weight excluding hydrogens is 522 g/mol. The van der Waals surface area contributed by atoms with Crippen molar-refractivity contribution in [2.75, 3.05) is 19.1 Å². The van der Waals surface area contributed by atoms with E-state index in [0.717, 1.165) is 11.1 Å². The highest BCUT2D eigenvalue weighted by Crippen LogP contribution is 2.43. The number of hydrogen-bond donors (Lipinski definition) is 1. The molecule has 3 aromatic carbocycles. The van der Waals surface area contributed by atoms with Crippen molar-refractivity contribution < 1.29 is 23.6 Å². The van der Waals surface area contributed by atoms with Crippen molar-refractivity contribution in [3.8, 4) is 28.9 Å². The number of esters is 2. The first-order valence-electron chi connectivity index (χ1n) is 12.5. The van der Waals surface area contributed by atoms with Gasteiger partial charge in [0, 0.05) is 16.8 Å². The minimum atomic E-state index is -0.963. The summed E-state index contributed by atoms with van der Waals surface area (Å²) in [4.78, 5) is 32.4. The van der Waals surface area contributed by atoms with Crippen LogP contribution in [0.3, 0.4) is 0 Å². The zero-order chi connectivity index (χ0) is 29.1. The number of nitrogens with zero attached hydrogens (tertiary/aromatic N) is 4. The molecule has 10 heteroatoms. The van der Waals surface area contributed by atoms with Gasteiger partial charge in [0.25, 0.3) is 5.89 Å². The van der Waals surface area contributed by atoms with Gasteiger partial charge in [-0.15, -0.1) is 0 Å². The predicted molar refractivity (Wildman–Crippen MR) is 149 cm³/mol. The molecule has 0 bridgehead atoms. The first kappa shape index (κ1) is 26.9. The summed E-state index contributed by atoms with van der Waals surface area (Å²) in [6.07, 6.45) is 0. The van der Waals surface area contributed by atoms with E-state index in [1.165, 1.54) is 19.1 Å². The average Bonchev–Trinajstić information content (AvgIpc) is 3.51. The monoisotopic (exact) mass is 547 g/mol. The molecular formula is C31H25N5O5. The number of hydrogen-bond acceptors (Lipinski definition) is 10. The molecule has 2 heterocycles. The van der Waals surface area contributed by atoms with Gasteiger partial charge < -0.3 is 19.7 Å². The Hall–Kier alpha value is -5.69. The van der Waals surface area contributed by atoms with Crippen molar-refractivity contribution in [1.29, 1.82) is 5.26 Å². The van der Waals surface area contributed by atoms with Crippen LogP contribution in [-0.4, -0.2) is 36.3 Å². The molecule has 0 saturated heterocycles. The van der Waals surface area contributed by atoms with Gasteiger partial charge in [-0.3, -0.25) is 4.90 Å². The Balaban J connectivity index is 1.67. The maximum absolute atomic E-state index is 13.3. The highest BCUT2D eigenvalue weighted by molar-refractivity contribution is 6.06. The lowest BCUT2D eigenvalue weighted by Crippen LogP contribution is -2.40. The second-order valence-electron chi connectivity index (χ2n) is 9.17. The average molecular weight is 548 g/mol. The summed E-state index contributed by atoms with van der Waals surface area (Å²) in [5, 5.41) is 14.3. The number of carbonyl (C=O) groups excluding carboxylic acids is 2. The zero-order valence-corrected chi connectivity index (χ0v) is 22.5. The molecule has 5 rings (SSSR count). The molecule has 41 heavy (non-hydrogen) atoms. The van der Waals surface area contributed by atoms with E-state index in [2.05, 4.69) is 16.2 Å². The third kappa shape index (κ3) is 4.92. The van der Waals surface area contributed by atoms with Crippen LogP contribution >= 0.6 is 0 Å². The molecule has 0 fully saturated rings. The van der Waals surface area contributed by atoms with Crippen molar-refractivity contribution in [3.05, 3.63) is 113 Å². The minimum absolute atomic E-state index is 0.0440. The van der Waals surface area contributed by atoms with Crippen LogP contribution in [0.25, 0.3) is 22.8 Å². The number of ether oxygens (including phenoxy) is 2. The maximum Gasteiger partial charge on any atom is 0.355 e. The Morgan fingerprint density at radius 3 is 2.32 bits per heavy atom. The first-order valence-corrected chi connectivity index (χ1v) is 12.5. The molecule has 0 amide bonds. The summed E-state index contributed by atoms with van der Waals surface area (Å²) in [7, 11) is 2.40. The van der Waals surface area contributed by atoms with Crippen molar-refractivity contribution in [2.45, 2.75) is 12.8 Å². The largest absolute Gasteiger partial charge is 0.466 e. The van der Waals surface area contributed by atoms with Crippen molar-refractivity contribution in [1.82, 2.24) is 10.1 Å². The lowest BCUT2D eigenvalue weighted by atomic mass is 9.81. The Morgan fingerprint density at radius 2 is 1.66 bits per heavy atom. The molecule has 0 saturated carbocycles. The zero-order valence-electron chi connectivity index (χ0n) is 22.5. The summed E-state index contributed by atoms with van der Waals surface area (Å²) >= 11 is 0. The van der Waals surface area contributed by atoms with Crippen LogP contribution < -0.4 is 10.6 Å². The van der Waals surface area contributed by atoms with Gasteiger partial charge in [0.05, 0.1) is 37.4 Å². The number of methoxy groups -OCH3 is 2. The number of nitrogens with two attached hydrogens (primary N) is 1. The van der Waals surface area contributed by atoms with Crippen LogP contribution in [0.4, 0.5) is 5.69 Å². The fourth-order valence-electron chi connectivity index (χ4n) is 4.72. The van der Waals surface area contributed by atoms with Gasteiger partial charge in [0.2, 0.25) is 5.82 Å². The van der Waals surface area contributed by atoms with Crippen molar-refractivity contribution in [3.63, 3.8) is 0 Å².